The van der Waals surface area contributed by atoms with E-state index < -0.39 is 15.8 Å². The standard InChI is InChI=1S/C11H12N2O5S/c14-11-12-9-2-1-8(7-10(9)18-11)19(15,16)13-3-5-17-6-4-13/h1-2,7H,3-6H2,(H,12,14). The first-order valence-electron chi connectivity index (χ1n) is 5.78. The van der Waals surface area contributed by atoms with E-state index in [1.165, 1.54) is 22.5 Å². The van der Waals surface area contributed by atoms with Crippen LogP contribution in [0, 0.1) is 0 Å². The Morgan fingerprint density at radius 3 is 2.68 bits per heavy atom. The Bertz CT molecular complexity index is 755. The van der Waals surface area contributed by atoms with E-state index in [4.69, 9.17) is 9.15 Å². The molecule has 0 aliphatic carbocycles. The summed E-state index contributed by atoms with van der Waals surface area (Å²) >= 11 is 0. The maximum absolute atomic E-state index is 12.4. The van der Waals surface area contributed by atoms with Crippen LogP contribution >= 0.6 is 0 Å². The number of aromatic nitrogens is 1. The predicted molar refractivity (Wildman–Crippen MR) is 66.4 cm³/mol. The first kappa shape index (κ1) is 12.4. The summed E-state index contributed by atoms with van der Waals surface area (Å²) in [5, 5.41) is 0. The van der Waals surface area contributed by atoms with Crippen LogP contribution in [0.15, 0.2) is 32.3 Å². The highest BCUT2D eigenvalue weighted by Gasteiger charge is 2.26. The van der Waals surface area contributed by atoms with Crippen LogP contribution in [0.2, 0.25) is 0 Å². The summed E-state index contributed by atoms with van der Waals surface area (Å²) in [5.74, 6) is -0.601. The molecule has 0 bridgehead atoms. The number of sulfonamides is 1. The number of rotatable bonds is 2. The maximum atomic E-state index is 12.4. The van der Waals surface area contributed by atoms with Gasteiger partial charge in [0.15, 0.2) is 5.58 Å². The van der Waals surface area contributed by atoms with E-state index in [-0.39, 0.29) is 10.5 Å². The molecule has 2 heterocycles. The normalized spacial score (nSPS) is 17.9. The van der Waals surface area contributed by atoms with Gasteiger partial charge in [-0.1, -0.05) is 0 Å². The lowest BCUT2D eigenvalue weighted by Gasteiger charge is -2.25. The topological polar surface area (TPSA) is 92.6 Å². The molecule has 1 aliphatic rings. The number of oxazole rings is 1. The van der Waals surface area contributed by atoms with Crippen LogP contribution in [-0.2, 0) is 14.8 Å². The zero-order valence-electron chi connectivity index (χ0n) is 9.96. The van der Waals surface area contributed by atoms with E-state index in [9.17, 15) is 13.2 Å². The van der Waals surface area contributed by atoms with Crippen molar-refractivity contribution in [2.45, 2.75) is 4.90 Å². The monoisotopic (exact) mass is 284 g/mol. The minimum Gasteiger partial charge on any atom is -0.408 e. The third-order valence-electron chi connectivity index (χ3n) is 3.00. The summed E-state index contributed by atoms with van der Waals surface area (Å²) in [4.78, 5) is 13.6. The predicted octanol–water partition coefficient (Wildman–Crippen LogP) is 0.142. The number of H-pyrrole nitrogens is 1. The van der Waals surface area contributed by atoms with Crippen molar-refractivity contribution >= 4 is 21.1 Å². The molecule has 0 atom stereocenters. The van der Waals surface area contributed by atoms with Gasteiger partial charge in [-0.25, -0.2) is 13.2 Å². The molecule has 3 rings (SSSR count). The second-order valence-corrected chi connectivity index (χ2v) is 6.13. The molecule has 1 aromatic heterocycles. The molecule has 0 radical (unpaired) electrons. The summed E-state index contributed by atoms with van der Waals surface area (Å²) in [6.45, 7) is 1.44. The Hall–Kier alpha value is -1.64. The molecular formula is C11H12N2O5S. The van der Waals surface area contributed by atoms with Gasteiger partial charge in [-0.2, -0.15) is 4.31 Å². The molecule has 0 unspecified atom stereocenters. The van der Waals surface area contributed by atoms with E-state index in [0.29, 0.717) is 31.8 Å². The SMILES string of the molecule is O=c1[nH]c2ccc(S(=O)(=O)N3CCOCC3)cc2o1. The van der Waals surface area contributed by atoms with Gasteiger partial charge in [-0.05, 0) is 12.1 Å². The van der Waals surface area contributed by atoms with Crippen molar-refractivity contribution in [3.05, 3.63) is 28.7 Å². The van der Waals surface area contributed by atoms with Gasteiger partial charge in [-0.15, -0.1) is 0 Å². The summed E-state index contributed by atoms with van der Waals surface area (Å²) in [6.07, 6.45) is 0. The molecule has 19 heavy (non-hydrogen) atoms. The molecule has 1 fully saturated rings. The molecule has 102 valence electrons. The Morgan fingerprint density at radius 1 is 1.21 bits per heavy atom. The number of hydrogen-bond acceptors (Lipinski definition) is 5. The quantitative estimate of drug-likeness (QED) is 0.847. The number of fused-ring (bicyclic) bond motifs is 1. The van der Waals surface area contributed by atoms with Crippen molar-refractivity contribution in [1.29, 1.82) is 0 Å². The van der Waals surface area contributed by atoms with Crippen molar-refractivity contribution in [3.63, 3.8) is 0 Å². The third kappa shape index (κ3) is 2.18. The fraction of sp³-hybridized carbons (Fsp3) is 0.364. The first-order valence-corrected chi connectivity index (χ1v) is 7.22. The Morgan fingerprint density at radius 2 is 1.95 bits per heavy atom. The smallest absolute Gasteiger partial charge is 0.408 e. The summed E-state index contributed by atoms with van der Waals surface area (Å²) in [6, 6.07) is 4.34. The van der Waals surface area contributed by atoms with E-state index in [1.54, 1.807) is 0 Å². The zero-order chi connectivity index (χ0) is 13.5. The van der Waals surface area contributed by atoms with Crippen molar-refractivity contribution in [1.82, 2.24) is 9.29 Å². The van der Waals surface area contributed by atoms with Crippen molar-refractivity contribution in [2.24, 2.45) is 0 Å². The molecule has 2 aromatic rings. The lowest BCUT2D eigenvalue weighted by atomic mass is 10.3. The first-order chi connectivity index (χ1) is 9.07. The highest BCUT2D eigenvalue weighted by Crippen LogP contribution is 2.20. The van der Waals surface area contributed by atoms with E-state index in [0.717, 1.165) is 0 Å². The van der Waals surface area contributed by atoms with Crippen molar-refractivity contribution in [2.75, 3.05) is 26.3 Å². The Kier molecular flexibility index (Phi) is 2.92. The Balaban J connectivity index is 2.04. The number of ether oxygens (including phenoxy) is 1. The molecule has 7 nitrogen and oxygen atoms in total. The second-order valence-electron chi connectivity index (χ2n) is 4.19. The minimum atomic E-state index is -3.57. The van der Waals surface area contributed by atoms with Crippen LogP contribution in [0.3, 0.4) is 0 Å². The second kappa shape index (κ2) is 4.48. The third-order valence-corrected chi connectivity index (χ3v) is 4.89. The molecule has 1 saturated heterocycles. The number of morpholine rings is 1. The van der Waals surface area contributed by atoms with Gasteiger partial charge in [0.05, 0.1) is 23.6 Å². The summed E-state index contributed by atoms with van der Waals surface area (Å²) < 4.78 is 36.1. The van der Waals surface area contributed by atoms with Crippen molar-refractivity contribution in [3.8, 4) is 0 Å². The summed E-state index contributed by atoms with van der Waals surface area (Å²) in [5.41, 5.74) is 0.713. The van der Waals surface area contributed by atoms with Gasteiger partial charge in [-0.3, -0.25) is 4.98 Å². The minimum absolute atomic E-state index is 0.115. The average molecular weight is 284 g/mol. The Labute approximate surface area is 108 Å². The molecule has 0 spiro atoms. The molecule has 0 saturated carbocycles. The van der Waals surface area contributed by atoms with E-state index >= 15 is 0 Å². The van der Waals surface area contributed by atoms with Crippen LogP contribution in [0.4, 0.5) is 0 Å². The van der Waals surface area contributed by atoms with Crippen LogP contribution < -0.4 is 5.76 Å². The van der Waals surface area contributed by atoms with Crippen LogP contribution in [0.1, 0.15) is 0 Å². The van der Waals surface area contributed by atoms with Gasteiger partial charge in [0.2, 0.25) is 10.0 Å². The lowest BCUT2D eigenvalue weighted by molar-refractivity contribution is 0.0730. The molecular weight excluding hydrogens is 272 g/mol. The van der Waals surface area contributed by atoms with Gasteiger partial charge in [0.1, 0.15) is 0 Å². The highest BCUT2D eigenvalue weighted by atomic mass is 32.2. The van der Waals surface area contributed by atoms with Crippen LogP contribution in [0.5, 0.6) is 0 Å². The fourth-order valence-corrected chi connectivity index (χ4v) is 3.45. The molecule has 0 amide bonds. The number of nitrogens with one attached hydrogen (secondary N) is 1. The van der Waals surface area contributed by atoms with Gasteiger partial charge >= 0.3 is 5.76 Å². The molecule has 1 aliphatic heterocycles. The number of benzene rings is 1. The summed E-state index contributed by atoms with van der Waals surface area (Å²) in [7, 11) is -3.57. The molecule has 1 aromatic carbocycles. The zero-order valence-corrected chi connectivity index (χ0v) is 10.8. The van der Waals surface area contributed by atoms with Gasteiger partial charge < -0.3 is 9.15 Å². The van der Waals surface area contributed by atoms with Crippen molar-refractivity contribution < 1.29 is 17.6 Å². The maximum Gasteiger partial charge on any atom is 0.417 e. The largest absolute Gasteiger partial charge is 0.417 e. The van der Waals surface area contributed by atoms with E-state index in [1.807, 2.05) is 0 Å². The fourth-order valence-electron chi connectivity index (χ4n) is 2.02. The molecule has 8 heteroatoms. The molecule has 1 N–H and O–H groups in total. The van der Waals surface area contributed by atoms with E-state index in [2.05, 4.69) is 4.98 Å². The highest BCUT2D eigenvalue weighted by molar-refractivity contribution is 7.89. The average Bonchev–Trinajstić information content (AvgIpc) is 2.78. The van der Waals surface area contributed by atoms with Crippen LogP contribution in [-0.4, -0.2) is 44.0 Å². The number of aromatic amines is 1. The number of nitrogens with zero attached hydrogens (tertiary/aromatic N) is 1. The lowest BCUT2D eigenvalue weighted by Crippen LogP contribution is -2.40. The van der Waals surface area contributed by atoms with Crippen LogP contribution in [0.25, 0.3) is 11.1 Å². The number of hydrogen-bond donors (Lipinski definition) is 1. The van der Waals surface area contributed by atoms with Gasteiger partial charge in [0.25, 0.3) is 0 Å². The van der Waals surface area contributed by atoms with Gasteiger partial charge in [0, 0.05) is 19.2 Å².